The molecule has 1 heterocycles. The Morgan fingerprint density at radius 2 is 2.00 bits per heavy atom. The maximum atomic E-state index is 11.4. The maximum absolute atomic E-state index is 11.4. The van der Waals surface area contributed by atoms with Gasteiger partial charge in [-0.05, 0) is 12.2 Å². The van der Waals surface area contributed by atoms with E-state index in [1.54, 1.807) is 11.6 Å². The second-order valence-corrected chi connectivity index (χ2v) is 4.75. The summed E-state index contributed by atoms with van der Waals surface area (Å²) >= 11 is 5.13. The van der Waals surface area contributed by atoms with Gasteiger partial charge in [-0.3, -0.25) is 0 Å². The quantitative estimate of drug-likeness (QED) is 0.684. The van der Waals surface area contributed by atoms with Crippen LogP contribution >= 0.6 is 12.2 Å². The summed E-state index contributed by atoms with van der Waals surface area (Å²) in [7, 11) is 3.37. The fraction of sp³-hybridized carbons (Fsp3) is 0.667. The number of nitrogens with zero attached hydrogens (tertiary/aromatic N) is 3. The predicted molar refractivity (Wildman–Crippen MR) is 60.6 cm³/mol. The van der Waals surface area contributed by atoms with Crippen LogP contribution in [0.3, 0.4) is 0 Å². The van der Waals surface area contributed by atoms with Crippen molar-refractivity contribution >= 4 is 18.2 Å². The first-order chi connectivity index (χ1) is 6.79. The molecule has 0 spiro atoms. The zero-order chi connectivity index (χ0) is 11.8. The molecule has 0 aliphatic carbocycles. The number of aromatic nitrogens is 3. The molecular formula is C9H16N4OS. The molecule has 1 amide bonds. The van der Waals surface area contributed by atoms with Crippen molar-refractivity contribution in [2.24, 2.45) is 7.05 Å². The smallest absolute Gasteiger partial charge is 0.339 e. The number of carbonyl (C=O) groups excluding carboxylic acids is 1. The molecule has 0 aliphatic rings. The Morgan fingerprint density at radius 1 is 1.47 bits per heavy atom. The molecule has 0 radical (unpaired) electrons. The molecule has 1 rings (SSSR count). The highest BCUT2D eigenvalue weighted by molar-refractivity contribution is 7.71. The van der Waals surface area contributed by atoms with E-state index in [4.69, 9.17) is 12.2 Å². The lowest BCUT2D eigenvalue weighted by molar-refractivity contribution is 0.241. The van der Waals surface area contributed by atoms with Crippen LogP contribution in [0.4, 0.5) is 4.79 Å². The number of rotatable bonds is 0. The number of nitrogens with one attached hydrogen (secondary N) is 1. The van der Waals surface area contributed by atoms with Crippen LogP contribution in [0.2, 0.25) is 0 Å². The van der Waals surface area contributed by atoms with Gasteiger partial charge in [0.05, 0.1) is 0 Å². The molecule has 0 aromatic carbocycles. The van der Waals surface area contributed by atoms with Crippen molar-refractivity contribution in [3.8, 4) is 0 Å². The third-order valence-corrected chi connectivity index (χ3v) is 2.50. The monoisotopic (exact) mass is 228 g/mol. The zero-order valence-electron chi connectivity index (χ0n) is 9.66. The van der Waals surface area contributed by atoms with Crippen molar-refractivity contribution in [3.05, 3.63) is 10.6 Å². The van der Waals surface area contributed by atoms with Gasteiger partial charge in [0, 0.05) is 19.5 Å². The van der Waals surface area contributed by atoms with Gasteiger partial charge in [0.2, 0.25) is 4.77 Å². The predicted octanol–water partition coefficient (Wildman–Crippen LogP) is 1.44. The van der Waals surface area contributed by atoms with Crippen LogP contribution < -0.4 is 5.32 Å². The Kier molecular flexibility index (Phi) is 2.99. The van der Waals surface area contributed by atoms with E-state index >= 15 is 0 Å². The fourth-order valence-corrected chi connectivity index (χ4v) is 1.54. The summed E-state index contributed by atoms with van der Waals surface area (Å²) in [5, 5.41) is 6.71. The lowest BCUT2D eigenvalue weighted by atomic mass is 9.96. The third-order valence-electron chi connectivity index (χ3n) is 2.06. The Bertz CT molecular complexity index is 438. The van der Waals surface area contributed by atoms with E-state index in [1.165, 1.54) is 4.68 Å². The molecule has 0 aliphatic heterocycles. The molecule has 0 saturated heterocycles. The van der Waals surface area contributed by atoms with Crippen molar-refractivity contribution in [2.75, 3.05) is 7.05 Å². The first kappa shape index (κ1) is 11.9. The Balaban J connectivity index is 3.38. The molecule has 5 nitrogen and oxygen atoms in total. The highest BCUT2D eigenvalue weighted by Crippen LogP contribution is 2.19. The summed E-state index contributed by atoms with van der Waals surface area (Å²) in [5.74, 6) is 0.788. The number of carbonyl (C=O) groups is 1. The van der Waals surface area contributed by atoms with E-state index in [1.807, 2.05) is 27.8 Å². The topological polar surface area (TPSA) is 51.9 Å². The van der Waals surface area contributed by atoms with Crippen molar-refractivity contribution in [1.29, 1.82) is 0 Å². The van der Waals surface area contributed by atoms with Crippen LogP contribution in [-0.4, -0.2) is 27.4 Å². The molecule has 1 N–H and O–H groups in total. The summed E-state index contributed by atoms with van der Waals surface area (Å²) in [4.78, 5) is 11.4. The molecule has 84 valence electrons. The fourth-order valence-electron chi connectivity index (χ4n) is 1.33. The van der Waals surface area contributed by atoms with E-state index in [0.717, 1.165) is 5.82 Å². The molecule has 0 atom stereocenters. The molecule has 0 saturated carbocycles. The van der Waals surface area contributed by atoms with Gasteiger partial charge in [-0.15, -0.1) is 5.10 Å². The molecule has 1 aromatic heterocycles. The molecule has 6 heteroatoms. The first-order valence-electron chi connectivity index (χ1n) is 4.67. The molecule has 0 bridgehead atoms. The van der Waals surface area contributed by atoms with Gasteiger partial charge in [-0.1, -0.05) is 20.8 Å². The van der Waals surface area contributed by atoms with Gasteiger partial charge in [-0.25, -0.2) is 4.79 Å². The number of hydrogen-bond donors (Lipinski definition) is 1. The summed E-state index contributed by atoms with van der Waals surface area (Å²) in [5.41, 5.74) is -0.137. The van der Waals surface area contributed by atoms with Crippen molar-refractivity contribution in [3.63, 3.8) is 0 Å². The average molecular weight is 228 g/mol. The number of amides is 1. The van der Waals surface area contributed by atoms with Crippen LogP contribution in [0.5, 0.6) is 0 Å². The van der Waals surface area contributed by atoms with E-state index < -0.39 is 0 Å². The van der Waals surface area contributed by atoms with E-state index in [-0.39, 0.29) is 11.4 Å². The maximum Gasteiger partial charge on any atom is 0.344 e. The second kappa shape index (κ2) is 3.77. The second-order valence-electron chi connectivity index (χ2n) is 4.38. The normalized spacial score (nSPS) is 11.5. The van der Waals surface area contributed by atoms with Gasteiger partial charge in [0.25, 0.3) is 0 Å². The van der Waals surface area contributed by atoms with Gasteiger partial charge in [-0.2, -0.15) is 4.68 Å². The Labute approximate surface area is 94.1 Å². The molecule has 15 heavy (non-hydrogen) atoms. The standard InChI is InChI=1S/C9H16N4OS/c1-9(2,3)6-11-13(7(14)10-4)8(15)12(6)5/h1-5H3,(H,10,14). The van der Waals surface area contributed by atoms with Crippen molar-refractivity contribution < 1.29 is 4.79 Å². The highest BCUT2D eigenvalue weighted by Gasteiger charge is 2.23. The minimum Gasteiger partial charge on any atom is -0.339 e. The summed E-state index contributed by atoms with van der Waals surface area (Å²) in [6, 6.07) is -0.314. The van der Waals surface area contributed by atoms with E-state index in [0.29, 0.717) is 4.77 Å². The largest absolute Gasteiger partial charge is 0.344 e. The Morgan fingerprint density at radius 3 is 2.33 bits per heavy atom. The van der Waals surface area contributed by atoms with Gasteiger partial charge >= 0.3 is 6.03 Å². The van der Waals surface area contributed by atoms with E-state index in [2.05, 4.69) is 10.4 Å². The zero-order valence-corrected chi connectivity index (χ0v) is 10.5. The van der Waals surface area contributed by atoms with Crippen LogP contribution in [-0.2, 0) is 12.5 Å². The molecule has 1 aromatic rings. The van der Waals surface area contributed by atoms with Crippen LogP contribution in [0.1, 0.15) is 26.6 Å². The Hall–Kier alpha value is -1.17. The molecule has 0 unspecified atom stereocenters. The summed E-state index contributed by atoms with van der Waals surface area (Å²) in [6.07, 6.45) is 0. The van der Waals surface area contributed by atoms with Gasteiger partial charge in [0.1, 0.15) is 5.82 Å². The van der Waals surface area contributed by atoms with Crippen molar-refractivity contribution in [1.82, 2.24) is 19.7 Å². The van der Waals surface area contributed by atoms with Crippen LogP contribution in [0.15, 0.2) is 0 Å². The SMILES string of the molecule is CNC(=O)n1nc(C(C)(C)C)n(C)c1=S. The lowest BCUT2D eigenvalue weighted by Crippen LogP contribution is -2.26. The average Bonchev–Trinajstić information content (AvgIpc) is 2.42. The third kappa shape index (κ3) is 2.09. The molecular weight excluding hydrogens is 212 g/mol. The van der Waals surface area contributed by atoms with Crippen molar-refractivity contribution in [2.45, 2.75) is 26.2 Å². The summed E-state index contributed by atoms with van der Waals surface area (Å²) < 4.78 is 3.36. The minimum atomic E-state index is -0.314. The number of hydrogen-bond acceptors (Lipinski definition) is 3. The van der Waals surface area contributed by atoms with Crippen LogP contribution in [0, 0.1) is 4.77 Å². The van der Waals surface area contributed by atoms with Gasteiger partial charge in [0.15, 0.2) is 0 Å². The lowest BCUT2D eigenvalue weighted by Gasteiger charge is -2.16. The minimum absolute atomic E-state index is 0.137. The summed E-state index contributed by atoms with van der Waals surface area (Å²) in [6.45, 7) is 6.08. The highest BCUT2D eigenvalue weighted by atomic mass is 32.1. The van der Waals surface area contributed by atoms with Crippen LogP contribution in [0.25, 0.3) is 0 Å². The molecule has 0 fully saturated rings. The van der Waals surface area contributed by atoms with Gasteiger partial charge < -0.3 is 9.88 Å². The first-order valence-corrected chi connectivity index (χ1v) is 5.08. The van der Waals surface area contributed by atoms with E-state index in [9.17, 15) is 4.79 Å².